The second-order valence-electron chi connectivity index (χ2n) is 5.01. The van der Waals surface area contributed by atoms with Crippen molar-refractivity contribution in [2.45, 2.75) is 6.92 Å². The molecule has 0 fully saturated rings. The molecule has 0 atom stereocenters. The molecule has 0 bridgehead atoms. The highest BCUT2D eigenvalue weighted by Crippen LogP contribution is 2.34. The van der Waals surface area contributed by atoms with Gasteiger partial charge in [0.05, 0.1) is 26.0 Å². The van der Waals surface area contributed by atoms with Crippen molar-refractivity contribution in [1.29, 1.82) is 0 Å². The maximum atomic E-state index is 12.1. The highest BCUT2D eigenvalue weighted by molar-refractivity contribution is 7.18. The van der Waals surface area contributed by atoms with Crippen molar-refractivity contribution >= 4 is 40.3 Å². The molecule has 9 heteroatoms. The number of hydrogen-bond donors (Lipinski definition) is 1. The topological polar surface area (TPSA) is 99.5 Å². The minimum Gasteiger partial charge on any atom is -0.465 e. The first kappa shape index (κ1) is 18.4. The molecule has 1 amide bonds. The van der Waals surface area contributed by atoms with Gasteiger partial charge in [-0.3, -0.25) is 9.48 Å². The molecule has 0 saturated carbocycles. The quantitative estimate of drug-likeness (QED) is 0.644. The Hall–Kier alpha value is -2.94. The molecule has 0 saturated heterocycles. The predicted octanol–water partition coefficient (Wildman–Crippen LogP) is 2.02. The van der Waals surface area contributed by atoms with E-state index in [4.69, 9.17) is 9.47 Å². The average Bonchev–Trinajstić information content (AvgIpc) is 3.15. The van der Waals surface area contributed by atoms with Crippen LogP contribution in [0.25, 0.3) is 6.08 Å². The summed E-state index contributed by atoms with van der Waals surface area (Å²) in [6.07, 6.45) is 6.25. The molecule has 25 heavy (non-hydrogen) atoms. The van der Waals surface area contributed by atoms with E-state index in [0.29, 0.717) is 5.56 Å². The number of amides is 1. The van der Waals surface area contributed by atoms with Gasteiger partial charge in [-0.05, 0) is 18.6 Å². The van der Waals surface area contributed by atoms with Gasteiger partial charge in [0.15, 0.2) is 0 Å². The molecule has 0 radical (unpaired) electrons. The monoisotopic (exact) mass is 363 g/mol. The molecule has 2 rings (SSSR count). The Morgan fingerprint density at radius 2 is 1.92 bits per heavy atom. The number of aryl methyl sites for hydroxylation is 1. The van der Waals surface area contributed by atoms with E-state index in [-0.39, 0.29) is 15.4 Å². The molecular weight excluding hydrogens is 346 g/mol. The van der Waals surface area contributed by atoms with Gasteiger partial charge in [0.2, 0.25) is 5.91 Å². The van der Waals surface area contributed by atoms with Crippen molar-refractivity contribution < 1.29 is 23.9 Å². The normalized spacial score (nSPS) is 10.7. The summed E-state index contributed by atoms with van der Waals surface area (Å²) in [7, 11) is 4.24. The lowest BCUT2D eigenvalue weighted by molar-refractivity contribution is -0.111. The van der Waals surface area contributed by atoms with Crippen LogP contribution in [0.5, 0.6) is 0 Å². The van der Waals surface area contributed by atoms with Gasteiger partial charge >= 0.3 is 11.9 Å². The Labute approximate surface area is 148 Å². The van der Waals surface area contributed by atoms with E-state index in [9.17, 15) is 14.4 Å². The van der Waals surface area contributed by atoms with Crippen LogP contribution in [0, 0.1) is 6.92 Å². The minimum absolute atomic E-state index is 0.135. The number of thiophene rings is 1. The van der Waals surface area contributed by atoms with Crippen LogP contribution >= 0.6 is 11.3 Å². The lowest BCUT2D eigenvalue weighted by Gasteiger charge is -2.03. The van der Waals surface area contributed by atoms with Crippen LogP contribution in [0.1, 0.15) is 31.2 Å². The fraction of sp³-hybridized carbons (Fsp3) is 0.250. The lowest BCUT2D eigenvalue weighted by atomic mass is 10.1. The van der Waals surface area contributed by atoms with Gasteiger partial charge in [0.25, 0.3) is 0 Å². The van der Waals surface area contributed by atoms with E-state index in [1.54, 1.807) is 37.1 Å². The van der Waals surface area contributed by atoms with Crippen molar-refractivity contribution in [1.82, 2.24) is 9.78 Å². The second kappa shape index (κ2) is 7.75. The standard InChI is InChI=1S/C16H17N3O5S/c1-9-12(15(21)23-3)14(25-13(9)16(22)24-4)18-11(20)6-5-10-7-17-19(2)8-10/h5-8H,1-4H3,(H,18,20)/b6-5-. The molecule has 132 valence electrons. The Morgan fingerprint density at radius 3 is 2.48 bits per heavy atom. The van der Waals surface area contributed by atoms with Crippen LogP contribution < -0.4 is 5.32 Å². The van der Waals surface area contributed by atoms with Gasteiger partial charge in [-0.1, -0.05) is 0 Å². The van der Waals surface area contributed by atoms with E-state index in [2.05, 4.69) is 10.4 Å². The number of ether oxygens (including phenoxy) is 2. The van der Waals surface area contributed by atoms with Gasteiger partial charge in [0, 0.05) is 24.9 Å². The molecule has 8 nitrogen and oxygen atoms in total. The first-order chi connectivity index (χ1) is 11.9. The van der Waals surface area contributed by atoms with Crippen LogP contribution in [0.15, 0.2) is 18.5 Å². The molecule has 0 spiro atoms. The zero-order valence-corrected chi connectivity index (χ0v) is 15.0. The number of nitrogens with one attached hydrogen (secondary N) is 1. The van der Waals surface area contributed by atoms with Crippen molar-refractivity contribution in [3.63, 3.8) is 0 Å². The number of carbonyl (C=O) groups is 3. The number of carbonyl (C=O) groups excluding carboxylic acids is 3. The summed E-state index contributed by atoms with van der Waals surface area (Å²) in [5.41, 5.74) is 1.29. The highest BCUT2D eigenvalue weighted by atomic mass is 32.1. The molecule has 0 aliphatic heterocycles. The van der Waals surface area contributed by atoms with Crippen LogP contribution in [-0.2, 0) is 21.3 Å². The molecule has 2 aromatic heterocycles. The third kappa shape index (κ3) is 4.13. The zero-order chi connectivity index (χ0) is 18.6. The number of esters is 2. The first-order valence-electron chi connectivity index (χ1n) is 7.15. The summed E-state index contributed by atoms with van der Waals surface area (Å²) >= 11 is 0.959. The van der Waals surface area contributed by atoms with Gasteiger partial charge in [-0.15, -0.1) is 11.3 Å². The minimum atomic E-state index is -0.643. The van der Waals surface area contributed by atoms with E-state index >= 15 is 0 Å². The van der Waals surface area contributed by atoms with Gasteiger partial charge in [-0.25, -0.2) is 9.59 Å². The maximum Gasteiger partial charge on any atom is 0.348 e. The number of nitrogens with zero attached hydrogens (tertiary/aromatic N) is 2. The number of methoxy groups -OCH3 is 2. The van der Waals surface area contributed by atoms with Crippen molar-refractivity contribution in [2.75, 3.05) is 19.5 Å². The third-order valence-electron chi connectivity index (χ3n) is 3.30. The summed E-state index contributed by atoms with van der Waals surface area (Å²) in [5.74, 6) is -1.68. The fourth-order valence-electron chi connectivity index (χ4n) is 2.09. The van der Waals surface area contributed by atoms with Crippen LogP contribution in [0.2, 0.25) is 0 Å². The zero-order valence-electron chi connectivity index (χ0n) is 14.2. The average molecular weight is 363 g/mol. The van der Waals surface area contributed by atoms with Crippen molar-refractivity contribution in [3.8, 4) is 0 Å². The summed E-state index contributed by atoms with van der Waals surface area (Å²) in [5, 5.41) is 6.82. The van der Waals surface area contributed by atoms with Crippen molar-refractivity contribution in [2.24, 2.45) is 7.05 Å². The molecule has 0 aliphatic rings. The molecule has 0 unspecified atom stereocenters. The molecule has 0 aliphatic carbocycles. The summed E-state index contributed by atoms with van der Waals surface area (Å²) in [4.78, 5) is 36.2. The molecular formula is C16H17N3O5S. The maximum absolute atomic E-state index is 12.1. The molecule has 2 heterocycles. The Bertz CT molecular complexity index is 850. The number of rotatable bonds is 5. The number of hydrogen-bond acceptors (Lipinski definition) is 7. The number of aromatic nitrogens is 2. The van der Waals surface area contributed by atoms with Gasteiger partial charge < -0.3 is 14.8 Å². The Balaban J connectivity index is 2.28. The van der Waals surface area contributed by atoms with Crippen molar-refractivity contribution in [3.05, 3.63) is 40.0 Å². The highest BCUT2D eigenvalue weighted by Gasteiger charge is 2.26. The second-order valence-corrected chi connectivity index (χ2v) is 6.03. The Kier molecular flexibility index (Phi) is 5.71. The summed E-state index contributed by atoms with van der Waals surface area (Å²) in [6.45, 7) is 1.59. The largest absolute Gasteiger partial charge is 0.465 e. The Morgan fingerprint density at radius 1 is 1.24 bits per heavy atom. The number of anilines is 1. The van der Waals surface area contributed by atoms with Crippen LogP contribution in [0.3, 0.4) is 0 Å². The first-order valence-corrected chi connectivity index (χ1v) is 7.96. The SMILES string of the molecule is COC(=O)c1sc(NC(=O)/C=C\c2cnn(C)c2)c(C(=O)OC)c1C. The van der Waals surface area contributed by atoms with Crippen LogP contribution in [-0.4, -0.2) is 41.8 Å². The smallest absolute Gasteiger partial charge is 0.348 e. The van der Waals surface area contributed by atoms with E-state index in [1.165, 1.54) is 20.3 Å². The lowest BCUT2D eigenvalue weighted by Crippen LogP contribution is -2.11. The van der Waals surface area contributed by atoms with E-state index < -0.39 is 17.8 Å². The summed E-state index contributed by atoms with van der Waals surface area (Å²) < 4.78 is 11.0. The predicted molar refractivity (Wildman–Crippen MR) is 92.6 cm³/mol. The van der Waals surface area contributed by atoms with Gasteiger partial charge in [0.1, 0.15) is 9.88 Å². The third-order valence-corrected chi connectivity index (χ3v) is 4.48. The van der Waals surface area contributed by atoms with Gasteiger partial charge in [-0.2, -0.15) is 5.10 Å². The van der Waals surface area contributed by atoms with E-state index in [1.807, 2.05) is 0 Å². The molecule has 2 aromatic rings. The van der Waals surface area contributed by atoms with Crippen LogP contribution in [0.4, 0.5) is 5.00 Å². The fourth-order valence-corrected chi connectivity index (χ4v) is 3.20. The molecule has 1 N–H and O–H groups in total. The molecule has 0 aromatic carbocycles. The summed E-state index contributed by atoms with van der Waals surface area (Å²) in [6, 6.07) is 0. The van der Waals surface area contributed by atoms with E-state index in [0.717, 1.165) is 16.9 Å².